The van der Waals surface area contributed by atoms with Crippen LogP contribution in [0.4, 0.5) is 0 Å². The van der Waals surface area contributed by atoms with Gasteiger partial charge >= 0.3 is 5.97 Å². The van der Waals surface area contributed by atoms with Gasteiger partial charge in [-0.05, 0) is 41.6 Å². The van der Waals surface area contributed by atoms with E-state index in [0.717, 1.165) is 26.4 Å². The van der Waals surface area contributed by atoms with Crippen molar-refractivity contribution in [1.82, 2.24) is 5.32 Å². The molecule has 0 heterocycles. The van der Waals surface area contributed by atoms with Crippen molar-refractivity contribution in [2.24, 2.45) is 0 Å². The minimum atomic E-state index is -1.09. The van der Waals surface area contributed by atoms with Crippen molar-refractivity contribution < 1.29 is 19.4 Å². The topological polar surface area (TPSA) is 75.6 Å². The lowest BCUT2D eigenvalue weighted by molar-refractivity contribution is -0.139. The third kappa shape index (κ3) is 5.46. The van der Waals surface area contributed by atoms with Gasteiger partial charge in [0, 0.05) is 16.3 Å². The molecule has 4 aromatic rings. The largest absolute Gasteiger partial charge is 0.485 e. The molecule has 34 heavy (non-hydrogen) atoms. The number of aliphatic carboxylic acids is 1. The van der Waals surface area contributed by atoms with Crippen molar-refractivity contribution in [1.29, 1.82) is 0 Å². The van der Waals surface area contributed by atoms with Crippen molar-refractivity contribution in [3.05, 3.63) is 112 Å². The minimum absolute atomic E-state index is 0.182. The fraction of sp³-hybridized carbons (Fsp3) is 0.143. The molecule has 172 valence electrons. The zero-order valence-electron chi connectivity index (χ0n) is 18.6. The van der Waals surface area contributed by atoms with E-state index in [9.17, 15) is 14.7 Å². The fourth-order valence-electron chi connectivity index (χ4n) is 3.81. The van der Waals surface area contributed by atoms with Crippen LogP contribution in [0.3, 0.4) is 0 Å². The van der Waals surface area contributed by atoms with Gasteiger partial charge in [-0.1, -0.05) is 88.7 Å². The molecule has 1 unspecified atom stereocenters. The molecule has 0 bridgehead atoms. The van der Waals surface area contributed by atoms with Gasteiger partial charge in [-0.25, -0.2) is 4.79 Å². The number of hydrogen-bond acceptors (Lipinski definition) is 3. The van der Waals surface area contributed by atoms with Crippen LogP contribution in [-0.4, -0.2) is 23.0 Å². The second-order valence-corrected chi connectivity index (χ2v) is 8.94. The summed E-state index contributed by atoms with van der Waals surface area (Å²) in [5.41, 5.74) is 2.08. The average molecular weight is 518 g/mol. The molecular formula is C28H24BrNO4. The zero-order chi connectivity index (χ0) is 24.1. The molecule has 0 aliphatic heterocycles. The van der Waals surface area contributed by atoms with Gasteiger partial charge in [-0.3, -0.25) is 4.79 Å². The Labute approximate surface area is 206 Å². The Balaban J connectivity index is 1.66. The molecule has 4 rings (SSSR count). The Kier molecular flexibility index (Phi) is 7.28. The van der Waals surface area contributed by atoms with E-state index in [-0.39, 0.29) is 12.5 Å². The first-order chi connectivity index (χ1) is 16.4. The van der Waals surface area contributed by atoms with E-state index in [1.807, 2.05) is 91.9 Å². The number of carbonyl (C=O) groups is 2. The summed E-state index contributed by atoms with van der Waals surface area (Å²) >= 11 is 3.44. The third-order valence-electron chi connectivity index (χ3n) is 5.64. The molecule has 0 radical (unpaired) electrons. The molecule has 0 saturated heterocycles. The molecule has 0 spiro atoms. The average Bonchev–Trinajstić information content (AvgIpc) is 2.84. The molecule has 5 nitrogen and oxygen atoms in total. The van der Waals surface area contributed by atoms with Crippen LogP contribution in [0.5, 0.6) is 5.75 Å². The molecule has 1 amide bonds. The summed E-state index contributed by atoms with van der Waals surface area (Å²) in [5, 5.41) is 14.1. The van der Waals surface area contributed by atoms with Crippen LogP contribution in [0.1, 0.15) is 34.5 Å². The molecule has 0 saturated carbocycles. The second-order valence-electron chi connectivity index (χ2n) is 8.03. The minimum Gasteiger partial charge on any atom is -0.485 e. The summed E-state index contributed by atoms with van der Waals surface area (Å²) in [4.78, 5) is 25.2. The summed E-state index contributed by atoms with van der Waals surface area (Å²) in [5.74, 6) is -1.16. The van der Waals surface area contributed by atoms with Crippen LogP contribution in [0, 0.1) is 0 Å². The van der Waals surface area contributed by atoms with Crippen molar-refractivity contribution in [3.8, 4) is 5.75 Å². The first kappa shape index (κ1) is 23.5. The number of rotatable bonds is 8. The van der Waals surface area contributed by atoms with Crippen LogP contribution < -0.4 is 10.1 Å². The number of ether oxygens (including phenoxy) is 1. The fourth-order valence-corrected chi connectivity index (χ4v) is 4.08. The highest BCUT2D eigenvalue weighted by Crippen LogP contribution is 2.34. The standard InChI is InChI=1S/C28H24BrNO4/c1-18(20-11-14-22(29)15-12-20)34-26-23-10-6-5-9-21(23)13-16-24(26)27(31)30-25(28(32)33)17-19-7-3-2-4-8-19/h2-16,18,25H,17H2,1H3,(H,30,31)(H,32,33)/t18?,25-/m0/s1. The highest BCUT2D eigenvalue weighted by molar-refractivity contribution is 9.10. The number of carbonyl (C=O) groups excluding carboxylic acids is 1. The van der Waals surface area contributed by atoms with E-state index in [0.29, 0.717) is 11.3 Å². The summed E-state index contributed by atoms with van der Waals surface area (Å²) in [6, 6.07) is 27.1. The lowest BCUT2D eigenvalue weighted by atomic mass is 10.0. The molecular weight excluding hydrogens is 494 g/mol. The summed E-state index contributed by atoms with van der Waals surface area (Å²) in [6.07, 6.45) is -0.147. The molecule has 0 aromatic heterocycles. The molecule has 2 atom stereocenters. The first-order valence-corrected chi connectivity index (χ1v) is 11.7. The van der Waals surface area contributed by atoms with Gasteiger partial charge in [0.15, 0.2) is 0 Å². The van der Waals surface area contributed by atoms with Gasteiger partial charge < -0.3 is 15.2 Å². The number of halogens is 1. The monoisotopic (exact) mass is 517 g/mol. The van der Waals surface area contributed by atoms with Crippen LogP contribution in [0.2, 0.25) is 0 Å². The molecule has 0 aliphatic carbocycles. The molecule has 0 fully saturated rings. The predicted molar refractivity (Wildman–Crippen MR) is 136 cm³/mol. The summed E-state index contributed by atoms with van der Waals surface area (Å²) in [6.45, 7) is 1.92. The molecule has 2 N–H and O–H groups in total. The number of carboxylic acids is 1. The second kappa shape index (κ2) is 10.5. The van der Waals surface area contributed by atoms with E-state index in [4.69, 9.17) is 4.74 Å². The number of carboxylic acid groups (broad SMARTS) is 1. The Hall–Kier alpha value is -3.64. The SMILES string of the molecule is CC(Oc1c(C(=O)N[C@@H](Cc2ccccc2)C(=O)O)ccc2ccccc12)c1ccc(Br)cc1. The highest BCUT2D eigenvalue weighted by Gasteiger charge is 2.24. The smallest absolute Gasteiger partial charge is 0.326 e. The number of nitrogens with one attached hydrogen (secondary N) is 1. The molecule has 4 aromatic carbocycles. The number of benzene rings is 4. The lowest BCUT2D eigenvalue weighted by Crippen LogP contribution is -2.42. The van der Waals surface area contributed by atoms with Crippen molar-refractivity contribution in [2.45, 2.75) is 25.5 Å². The summed E-state index contributed by atoms with van der Waals surface area (Å²) in [7, 11) is 0. The van der Waals surface area contributed by atoms with E-state index in [1.54, 1.807) is 6.07 Å². The van der Waals surface area contributed by atoms with Crippen LogP contribution in [0.25, 0.3) is 10.8 Å². The Morgan fingerprint density at radius 3 is 2.29 bits per heavy atom. The maximum absolute atomic E-state index is 13.3. The molecule has 0 aliphatic rings. The van der Waals surface area contributed by atoms with Gasteiger partial charge in [0.25, 0.3) is 5.91 Å². The van der Waals surface area contributed by atoms with Gasteiger partial charge in [0.2, 0.25) is 0 Å². The van der Waals surface area contributed by atoms with E-state index in [2.05, 4.69) is 21.2 Å². The van der Waals surface area contributed by atoms with E-state index >= 15 is 0 Å². The lowest BCUT2D eigenvalue weighted by Gasteiger charge is -2.21. The van der Waals surface area contributed by atoms with E-state index < -0.39 is 17.9 Å². The highest BCUT2D eigenvalue weighted by atomic mass is 79.9. The number of fused-ring (bicyclic) bond motifs is 1. The van der Waals surface area contributed by atoms with E-state index in [1.165, 1.54) is 0 Å². The Morgan fingerprint density at radius 1 is 0.912 bits per heavy atom. The molecule has 6 heteroatoms. The number of amides is 1. The maximum Gasteiger partial charge on any atom is 0.326 e. The van der Waals surface area contributed by atoms with Crippen LogP contribution in [0.15, 0.2) is 95.5 Å². The van der Waals surface area contributed by atoms with Crippen molar-refractivity contribution in [3.63, 3.8) is 0 Å². The zero-order valence-corrected chi connectivity index (χ0v) is 20.2. The number of hydrogen-bond donors (Lipinski definition) is 2. The van der Waals surface area contributed by atoms with Crippen LogP contribution >= 0.6 is 15.9 Å². The first-order valence-electron chi connectivity index (χ1n) is 10.9. The van der Waals surface area contributed by atoms with Gasteiger partial charge in [-0.2, -0.15) is 0 Å². The van der Waals surface area contributed by atoms with Crippen molar-refractivity contribution >= 4 is 38.6 Å². The Morgan fingerprint density at radius 2 is 1.59 bits per heavy atom. The Bertz CT molecular complexity index is 1310. The van der Waals surface area contributed by atoms with Gasteiger partial charge in [-0.15, -0.1) is 0 Å². The quantitative estimate of drug-likeness (QED) is 0.293. The van der Waals surface area contributed by atoms with Gasteiger partial charge in [0.1, 0.15) is 17.9 Å². The van der Waals surface area contributed by atoms with Crippen molar-refractivity contribution in [2.75, 3.05) is 0 Å². The summed E-state index contributed by atoms with van der Waals surface area (Å²) < 4.78 is 7.31. The van der Waals surface area contributed by atoms with Gasteiger partial charge in [0.05, 0.1) is 5.56 Å². The normalized spacial score (nSPS) is 12.6. The van der Waals surface area contributed by atoms with Crippen LogP contribution in [-0.2, 0) is 11.2 Å². The third-order valence-corrected chi connectivity index (χ3v) is 6.17. The maximum atomic E-state index is 13.3. The predicted octanol–water partition coefficient (Wildman–Crippen LogP) is 6.17.